The Bertz CT molecular complexity index is 691. The maximum absolute atomic E-state index is 12.7. The Kier molecular flexibility index (Phi) is 6.54. The molecule has 0 spiro atoms. The Morgan fingerprint density at radius 2 is 1.78 bits per heavy atom. The predicted octanol–water partition coefficient (Wildman–Crippen LogP) is 4.18. The summed E-state index contributed by atoms with van der Waals surface area (Å²) in [6, 6.07) is 8.17. The lowest BCUT2D eigenvalue weighted by molar-refractivity contribution is -0.135. The number of rotatable bonds is 6. The second-order valence-corrected chi connectivity index (χ2v) is 7.85. The molecular weight excluding hydrogens is 338 g/mol. The Balaban J connectivity index is 1.57. The number of likely N-dealkylation sites (tertiary alicyclic amines) is 1. The summed E-state index contributed by atoms with van der Waals surface area (Å²) in [7, 11) is 0. The highest BCUT2D eigenvalue weighted by atomic mass is 16.2. The summed E-state index contributed by atoms with van der Waals surface area (Å²) in [5.74, 6) is 0.478. The van der Waals surface area contributed by atoms with Crippen LogP contribution in [-0.4, -0.2) is 35.3 Å². The van der Waals surface area contributed by atoms with Crippen molar-refractivity contribution in [1.82, 2.24) is 4.90 Å². The molecule has 2 aliphatic rings. The SMILES string of the molecule is CC1CCCC(C)N1C(=O)CNc1ccccc1NC(=O)CC1C=CCC1. The topological polar surface area (TPSA) is 61.4 Å². The molecular formula is C22H31N3O2. The third-order valence-electron chi connectivity index (χ3n) is 5.67. The lowest BCUT2D eigenvalue weighted by atomic mass is 9.97. The zero-order valence-corrected chi connectivity index (χ0v) is 16.4. The van der Waals surface area contributed by atoms with Crippen molar-refractivity contribution in [1.29, 1.82) is 0 Å². The van der Waals surface area contributed by atoms with E-state index >= 15 is 0 Å². The molecule has 5 heteroatoms. The van der Waals surface area contributed by atoms with Gasteiger partial charge in [0.2, 0.25) is 11.8 Å². The van der Waals surface area contributed by atoms with Crippen molar-refractivity contribution in [2.75, 3.05) is 17.2 Å². The van der Waals surface area contributed by atoms with Gasteiger partial charge in [0, 0.05) is 18.5 Å². The number of benzene rings is 1. The quantitative estimate of drug-likeness (QED) is 0.740. The number of para-hydroxylation sites is 2. The zero-order valence-electron chi connectivity index (χ0n) is 16.4. The van der Waals surface area contributed by atoms with Gasteiger partial charge >= 0.3 is 0 Å². The maximum atomic E-state index is 12.7. The normalized spacial score (nSPS) is 24.7. The van der Waals surface area contributed by atoms with Crippen LogP contribution in [0.5, 0.6) is 0 Å². The minimum Gasteiger partial charge on any atom is -0.374 e. The molecule has 1 aliphatic heterocycles. The first-order valence-electron chi connectivity index (χ1n) is 10.1. The highest BCUT2D eigenvalue weighted by molar-refractivity contribution is 5.95. The van der Waals surface area contributed by atoms with E-state index in [4.69, 9.17) is 0 Å². The summed E-state index contributed by atoms with van der Waals surface area (Å²) >= 11 is 0. The van der Waals surface area contributed by atoms with Crippen molar-refractivity contribution in [3.05, 3.63) is 36.4 Å². The lowest BCUT2D eigenvalue weighted by Crippen LogP contribution is -2.49. The van der Waals surface area contributed by atoms with E-state index in [9.17, 15) is 9.59 Å². The Labute approximate surface area is 162 Å². The average Bonchev–Trinajstić information content (AvgIpc) is 3.13. The predicted molar refractivity (Wildman–Crippen MR) is 110 cm³/mol. The van der Waals surface area contributed by atoms with Crippen LogP contribution in [-0.2, 0) is 9.59 Å². The number of allylic oxidation sites excluding steroid dienone is 2. The van der Waals surface area contributed by atoms with Gasteiger partial charge in [-0.05, 0) is 64.0 Å². The molecule has 1 aliphatic carbocycles. The van der Waals surface area contributed by atoms with Crippen LogP contribution >= 0.6 is 0 Å². The van der Waals surface area contributed by atoms with Crippen LogP contribution in [0.15, 0.2) is 36.4 Å². The molecule has 0 radical (unpaired) electrons. The van der Waals surface area contributed by atoms with Crippen molar-refractivity contribution >= 4 is 23.2 Å². The molecule has 1 fully saturated rings. The molecule has 3 unspecified atom stereocenters. The molecule has 1 saturated heterocycles. The number of hydrogen-bond donors (Lipinski definition) is 2. The van der Waals surface area contributed by atoms with Gasteiger partial charge in [-0.1, -0.05) is 24.3 Å². The number of piperidine rings is 1. The number of nitrogens with one attached hydrogen (secondary N) is 2. The van der Waals surface area contributed by atoms with Gasteiger partial charge in [-0.25, -0.2) is 0 Å². The van der Waals surface area contributed by atoms with E-state index < -0.39 is 0 Å². The molecule has 146 valence electrons. The molecule has 1 aromatic rings. The van der Waals surface area contributed by atoms with Crippen molar-refractivity contribution in [2.24, 2.45) is 5.92 Å². The number of hydrogen-bond acceptors (Lipinski definition) is 3. The summed E-state index contributed by atoms with van der Waals surface area (Å²) in [6.45, 7) is 4.49. The van der Waals surface area contributed by atoms with Gasteiger partial charge in [-0.2, -0.15) is 0 Å². The van der Waals surface area contributed by atoms with Crippen LogP contribution in [0, 0.1) is 5.92 Å². The van der Waals surface area contributed by atoms with Gasteiger partial charge in [0.25, 0.3) is 0 Å². The highest BCUT2D eigenvalue weighted by Crippen LogP contribution is 2.25. The van der Waals surface area contributed by atoms with E-state index in [0.29, 0.717) is 12.3 Å². The monoisotopic (exact) mass is 369 g/mol. The molecule has 2 amide bonds. The van der Waals surface area contributed by atoms with E-state index in [1.165, 1.54) is 6.42 Å². The molecule has 5 nitrogen and oxygen atoms in total. The van der Waals surface area contributed by atoms with Gasteiger partial charge < -0.3 is 15.5 Å². The van der Waals surface area contributed by atoms with Crippen LogP contribution in [0.2, 0.25) is 0 Å². The summed E-state index contributed by atoms with van der Waals surface area (Å²) in [5, 5.41) is 6.23. The van der Waals surface area contributed by atoms with Crippen LogP contribution in [0.3, 0.4) is 0 Å². The minimum absolute atomic E-state index is 0.0189. The minimum atomic E-state index is 0.0189. The lowest BCUT2D eigenvalue weighted by Gasteiger charge is -2.39. The van der Waals surface area contributed by atoms with Gasteiger partial charge in [0.1, 0.15) is 0 Å². The standard InChI is InChI=1S/C22H31N3O2/c1-16-8-7-9-17(2)25(16)22(27)15-23-19-12-5-6-13-20(19)24-21(26)14-18-10-3-4-11-18/h3,5-6,10,12-13,16-18,23H,4,7-9,11,14-15H2,1-2H3,(H,24,26). The van der Waals surface area contributed by atoms with E-state index in [0.717, 1.165) is 37.1 Å². The van der Waals surface area contributed by atoms with E-state index in [2.05, 4.69) is 36.6 Å². The molecule has 3 atom stereocenters. The molecule has 0 saturated carbocycles. The van der Waals surface area contributed by atoms with Crippen molar-refractivity contribution in [2.45, 2.75) is 64.5 Å². The zero-order chi connectivity index (χ0) is 19.2. The van der Waals surface area contributed by atoms with Gasteiger partial charge in [0.05, 0.1) is 17.9 Å². The van der Waals surface area contributed by atoms with Crippen LogP contribution in [0.25, 0.3) is 0 Å². The highest BCUT2D eigenvalue weighted by Gasteiger charge is 2.28. The maximum Gasteiger partial charge on any atom is 0.242 e. The average molecular weight is 370 g/mol. The summed E-state index contributed by atoms with van der Waals surface area (Å²) < 4.78 is 0. The molecule has 27 heavy (non-hydrogen) atoms. The van der Waals surface area contributed by atoms with E-state index in [1.807, 2.05) is 29.2 Å². The summed E-state index contributed by atoms with van der Waals surface area (Å²) in [5.41, 5.74) is 1.52. The van der Waals surface area contributed by atoms with Crippen molar-refractivity contribution < 1.29 is 9.59 Å². The summed E-state index contributed by atoms with van der Waals surface area (Å²) in [4.78, 5) is 27.1. The van der Waals surface area contributed by atoms with Crippen LogP contribution in [0.1, 0.15) is 52.4 Å². The van der Waals surface area contributed by atoms with Crippen LogP contribution < -0.4 is 10.6 Å². The van der Waals surface area contributed by atoms with E-state index in [-0.39, 0.29) is 30.4 Å². The molecule has 1 aromatic carbocycles. The van der Waals surface area contributed by atoms with Gasteiger partial charge in [-0.3, -0.25) is 9.59 Å². The smallest absolute Gasteiger partial charge is 0.242 e. The number of anilines is 2. The molecule has 1 heterocycles. The summed E-state index contributed by atoms with van der Waals surface area (Å²) in [6.07, 6.45) is 10.2. The van der Waals surface area contributed by atoms with Crippen molar-refractivity contribution in [3.63, 3.8) is 0 Å². The fourth-order valence-electron chi connectivity index (χ4n) is 4.23. The third kappa shape index (κ3) is 5.12. The number of carbonyl (C=O) groups is 2. The first kappa shape index (κ1) is 19.5. The van der Waals surface area contributed by atoms with Gasteiger partial charge in [-0.15, -0.1) is 0 Å². The molecule has 0 aromatic heterocycles. The first-order valence-corrected chi connectivity index (χ1v) is 10.1. The molecule has 3 rings (SSSR count). The second-order valence-electron chi connectivity index (χ2n) is 7.85. The Morgan fingerprint density at radius 1 is 1.07 bits per heavy atom. The number of carbonyl (C=O) groups excluding carboxylic acids is 2. The number of amides is 2. The Morgan fingerprint density at radius 3 is 2.44 bits per heavy atom. The first-order chi connectivity index (χ1) is 13.0. The fourth-order valence-corrected chi connectivity index (χ4v) is 4.23. The largest absolute Gasteiger partial charge is 0.374 e. The van der Waals surface area contributed by atoms with Crippen LogP contribution in [0.4, 0.5) is 11.4 Å². The second kappa shape index (κ2) is 9.07. The van der Waals surface area contributed by atoms with E-state index in [1.54, 1.807) is 0 Å². The number of nitrogens with zero attached hydrogens (tertiary/aromatic N) is 1. The van der Waals surface area contributed by atoms with Crippen molar-refractivity contribution in [3.8, 4) is 0 Å². The third-order valence-corrected chi connectivity index (χ3v) is 5.67. The Hall–Kier alpha value is -2.30. The molecule has 2 N–H and O–H groups in total. The van der Waals surface area contributed by atoms with Gasteiger partial charge in [0.15, 0.2) is 0 Å². The fraction of sp³-hybridized carbons (Fsp3) is 0.545. The molecule has 0 bridgehead atoms.